The van der Waals surface area contributed by atoms with E-state index >= 15 is 0 Å². The SMILES string of the molecule is Cc1ccc(NC(=S)NN=Cc2ccccc2[N+](=O)[O-])cc1. The quantitative estimate of drug-likeness (QED) is 0.392. The summed E-state index contributed by atoms with van der Waals surface area (Å²) in [6, 6.07) is 14.1. The van der Waals surface area contributed by atoms with Gasteiger partial charge in [0.1, 0.15) is 0 Å². The number of hydrazone groups is 1. The molecule has 112 valence electrons. The number of nitrogens with one attached hydrogen (secondary N) is 2. The van der Waals surface area contributed by atoms with E-state index in [9.17, 15) is 10.1 Å². The average Bonchev–Trinajstić information content (AvgIpc) is 2.50. The number of anilines is 1. The summed E-state index contributed by atoms with van der Waals surface area (Å²) in [6.07, 6.45) is 1.36. The van der Waals surface area contributed by atoms with Crippen LogP contribution < -0.4 is 10.7 Å². The van der Waals surface area contributed by atoms with Crippen molar-refractivity contribution in [2.45, 2.75) is 6.92 Å². The van der Waals surface area contributed by atoms with Crippen LogP contribution in [0.5, 0.6) is 0 Å². The summed E-state index contributed by atoms with van der Waals surface area (Å²) in [6.45, 7) is 2.00. The molecule has 2 rings (SSSR count). The van der Waals surface area contributed by atoms with Crippen LogP contribution in [0.2, 0.25) is 0 Å². The molecule has 7 heteroatoms. The van der Waals surface area contributed by atoms with E-state index in [0.29, 0.717) is 10.7 Å². The first kappa shape index (κ1) is 15.6. The fourth-order valence-electron chi connectivity index (χ4n) is 1.72. The maximum atomic E-state index is 10.9. The van der Waals surface area contributed by atoms with Crippen molar-refractivity contribution in [2.75, 3.05) is 5.32 Å². The van der Waals surface area contributed by atoms with E-state index in [-0.39, 0.29) is 5.69 Å². The van der Waals surface area contributed by atoms with Crippen molar-refractivity contribution < 1.29 is 4.92 Å². The maximum absolute atomic E-state index is 10.9. The third kappa shape index (κ3) is 4.35. The van der Waals surface area contributed by atoms with Gasteiger partial charge in [-0.3, -0.25) is 15.5 Å². The van der Waals surface area contributed by atoms with Gasteiger partial charge in [-0.15, -0.1) is 0 Å². The Morgan fingerprint density at radius 3 is 2.59 bits per heavy atom. The van der Waals surface area contributed by atoms with Crippen molar-refractivity contribution >= 4 is 34.9 Å². The first-order valence-corrected chi connectivity index (χ1v) is 6.87. The van der Waals surface area contributed by atoms with Gasteiger partial charge in [0.05, 0.1) is 16.7 Å². The van der Waals surface area contributed by atoms with E-state index in [4.69, 9.17) is 12.2 Å². The van der Waals surface area contributed by atoms with E-state index in [2.05, 4.69) is 15.8 Å². The Hall–Kier alpha value is -2.80. The Labute approximate surface area is 133 Å². The molecule has 0 aromatic heterocycles. The Kier molecular flexibility index (Phi) is 5.16. The highest BCUT2D eigenvalue weighted by Gasteiger charge is 2.09. The molecular weight excluding hydrogens is 300 g/mol. The third-order valence-electron chi connectivity index (χ3n) is 2.81. The molecule has 0 fully saturated rings. The van der Waals surface area contributed by atoms with Gasteiger partial charge in [0.2, 0.25) is 0 Å². The first-order chi connectivity index (χ1) is 10.6. The molecule has 2 aromatic rings. The number of thiocarbonyl (C=S) groups is 1. The summed E-state index contributed by atoms with van der Waals surface area (Å²) in [4.78, 5) is 10.4. The molecule has 2 N–H and O–H groups in total. The number of nitrogens with zero attached hydrogens (tertiary/aromatic N) is 2. The van der Waals surface area contributed by atoms with Gasteiger partial charge in [-0.25, -0.2) is 0 Å². The molecule has 0 spiro atoms. The highest BCUT2D eigenvalue weighted by molar-refractivity contribution is 7.80. The summed E-state index contributed by atoms with van der Waals surface area (Å²) in [5, 5.41) is 18.1. The maximum Gasteiger partial charge on any atom is 0.278 e. The minimum Gasteiger partial charge on any atom is -0.331 e. The second-order valence-electron chi connectivity index (χ2n) is 4.51. The summed E-state index contributed by atoms with van der Waals surface area (Å²) >= 11 is 5.10. The molecule has 0 radical (unpaired) electrons. The zero-order chi connectivity index (χ0) is 15.9. The summed E-state index contributed by atoms with van der Waals surface area (Å²) in [7, 11) is 0. The molecule has 22 heavy (non-hydrogen) atoms. The van der Waals surface area contributed by atoms with Crippen LogP contribution in [0.1, 0.15) is 11.1 Å². The number of hydrogen-bond donors (Lipinski definition) is 2. The molecule has 0 heterocycles. The zero-order valence-electron chi connectivity index (χ0n) is 11.8. The molecule has 0 saturated heterocycles. The predicted molar refractivity (Wildman–Crippen MR) is 91.2 cm³/mol. The number of hydrogen-bond acceptors (Lipinski definition) is 4. The number of nitro groups is 1. The number of para-hydroxylation sites is 1. The molecule has 6 nitrogen and oxygen atoms in total. The predicted octanol–water partition coefficient (Wildman–Crippen LogP) is 3.22. The molecule has 0 bridgehead atoms. The fraction of sp³-hybridized carbons (Fsp3) is 0.0667. The molecule has 0 saturated carbocycles. The van der Waals surface area contributed by atoms with Crippen LogP contribution in [0, 0.1) is 17.0 Å². The van der Waals surface area contributed by atoms with E-state index in [0.717, 1.165) is 11.3 Å². The Balaban J connectivity index is 1.96. The summed E-state index contributed by atoms with van der Waals surface area (Å²) in [5.41, 5.74) is 5.01. The van der Waals surface area contributed by atoms with E-state index in [1.54, 1.807) is 18.2 Å². The smallest absolute Gasteiger partial charge is 0.278 e. The van der Waals surface area contributed by atoms with E-state index in [1.165, 1.54) is 12.3 Å². The van der Waals surface area contributed by atoms with Crippen molar-refractivity contribution in [1.82, 2.24) is 5.43 Å². The van der Waals surface area contributed by atoms with Gasteiger partial charge in [-0.2, -0.15) is 5.10 Å². The van der Waals surface area contributed by atoms with Crippen LogP contribution in [0.3, 0.4) is 0 Å². The van der Waals surface area contributed by atoms with Crippen LogP contribution in [0.25, 0.3) is 0 Å². The molecule has 0 aliphatic carbocycles. The number of benzene rings is 2. The van der Waals surface area contributed by atoms with Crippen LogP contribution in [0.4, 0.5) is 11.4 Å². The minimum atomic E-state index is -0.454. The van der Waals surface area contributed by atoms with Gasteiger partial charge in [0.15, 0.2) is 5.11 Å². The molecule has 0 unspecified atom stereocenters. The first-order valence-electron chi connectivity index (χ1n) is 6.46. The van der Waals surface area contributed by atoms with Gasteiger partial charge < -0.3 is 5.32 Å². The largest absolute Gasteiger partial charge is 0.331 e. The lowest BCUT2D eigenvalue weighted by Gasteiger charge is -2.06. The number of rotatable bonds is 4. The highest BCUT2D eigenvalue weighted by atomic mass is 32.1. The van der Waals surface area contributed by atoms with Gasteiger partial charge in [0, 0.05) is 11.8 Å². The van der Waals surface area contributed by atoms with Crippen LogP contribution in [-0.2, 0) is 0 Å². The Bertz CT molecular complexity index is 714. The average molecular weight is 314 g/mol. The second-order valence-corrected chi connectivity index (χ2v) is 4.91. The van der Waals surface area contributed by atoms with Crippen molar-refractivity contribution in [1.29, 1.82) is 0 Å². The third-order valence-corrected chi connectivity index (χ3v) is 3.01. The molecule has 0 atom stereocenters. The molecule has 0 aliphatic rings. The van der Waals surface area contributed by atoms with Crippen LogP contribution >= 0.6 is 12.2 Å². The summed E-state index contributed by atoms with van der Waals surface area (Å²) < 4.78 is 0. The van der Waals surface area contributed by atoms with Crippen LogP contribution in [-0.4, -0.2) is 16.3 Å². The Morgan fingerprint density at radius 2 is 1.91 bits per heavy atom. The zero-order valence-corrected chi connectivity index (χ0v) is 12.6. The normalized spacial score (nSPS) is 10.4. The van der Waals surface area contributed by atoms with Crippen molar-refractivity contribution in [3.8, 4) is 0 Å². The minimum absolute atomic E-state index is 0.00883. The number of aryl methyl sites for hydroxylation is 1. The molecule has 0 aliphatic heterocycles. The standard InChI is InChI=1S/C15H14N4O2S/c1-11-6-8-13(9-7-11)17-15(22)18-16-10-12-4-2-3-5-14(12)19(20)21/h2-10H,1H3,(H2,17,18,22). The molecule has 2 aromatic carbocycles. The van der Waals surface area contributed by atoms with Gasteiger partial charge in [0.25, 0.3) is 5.69 Å². The monoisotopic (exact) mass is 314 g/mol. The lowest BCUT2D eigenvalue weighted by Crippen LogP contribution is -2.23. The second kappa shape index (κ2) is 7.28. The highest BCUT2D eigenvalue weighted by Crippen LogP contribution is 2.15. The van der Waals surface area contributed by atoms with Gasteiger partial charge >= 0.3 is 0 Å². The van der Waals surface area contributed by atoms with E-state index in [1.807, 2.05) is 31.2 Å². The van der Waals surface area contributed by atoms with Gasteiger partial charge in [-0.05, 0) is 37.3 Å². The molecular formula is C15H14N4O2S. The number of nitro benzene ring substituents is 1. The van der Waals surface area contributed by atoms with E-state index < -0.39 is 4.92 Å². The van der Waals surface area contributed by atoms with Crippen molar-refractivity contribution in [3.05, 3.63) is 69.8 Å². The lowest BCUT2D eigenvalue weighted by atomic mass is 10.2. The Morgan fingerprint density at radius 1 is 1.23 bits per heavy atom. The lowest BCUT2D eigenvalue weighted by molar-refractivity contribution is -0.385. The molecule has 0 amide bonds. The van der Waals surface area contributed by atoms with Gasteiger partial charge in [-0.1, -0.05) is 29.8 Å². The van der Waals surface area contributed by atoms with Crippen molar-refractivity contribution in [3.63, 3.8) is 0 Å². The topological polar surface area (TPSA) is 79.6 Å². The summed E-state index contributed by atoms with van der Waals surface area (Å²) in [5.74, 6) is 0. The van der Waals surface area contributed by atoms with Crippen LogP contribution in [0.15, 0.2) is 53.6 Å². The fourth-order valence-corrected chi connectivity index (χ4v) is 1.89. The van der Waals surface area contributed by atoms with Crippen molar-refractivity contribution in [2.24, 2.45) is 5.10 Å².